The maximum Gasteiger partial charge on any atom is 0.320 e. The van der Waals surface area contributed by atoms with Crippen molar-refractivity contribution in [3.63, 3.8) is 0 Å². The van der Waals surface area contributed by atoms with Crippen molar-refractivity contribution in [3.05, 3.63) is 24.4 Å². The van der Waals surface area contributed by atoms with Crippen molar-refractivity contribution in [3.8, 4) is 0 Å². The highest BCUT2D eigenvalue weighted by molar-refractivity contribution is 5.88. The van der Waals surface area contributed by atoms with Crippen LogP contribution in [0.25, 0.3) is 0 Å². The van der Waals surface area contributed by atoms with Gasteiger partial charge in [-0.05, 0) is 26.0 Å². The molecule has 2 rings (SSSR count). The van der Waals surface area contributed by atoms with E-state index >= 15 is 0 Å². The van der Waals surface area contributed by atoms with Crippen LogP contribution in [0.1, 0.15) is 13.8 Å². The van der Waals surface area contributed by atoms with Gasteiger partial charge in [0, 0.05) is 32.4 Å². The van der Waals surface area contributed by atoms with Gasteiger partial charge in [-0.1, -0.05) is 6.07 Å². The van der Waals surface area contributed by atoms with E-state index in [4.69, 9.17) is 4.74 Å². The SMILES string of the molecule is C[C@@H]1CN(CCNC(=O)Nc2ccccn2)C[C@@H](C)O1. The van der Waals surface area contributed by atoms with Crippen LogP contribution in [0.15, 0.2) is 24.4 Å². The van der Waals surface area contributed by atoms with Gasteiger partial charge in [0.05, 0.1) is 12.2 Å². The number of nitrogens with one attached hydrogen (secondary N) is 2. The first-order valence-electron chi connectivity index (χ1n) is 6.97. The molecule has 1 aliphatic heterocycles. The first-order valence-corrected chi connectivity index (χ1v) is 6.97. The first-order chi connectivity index (χ1) is 9.63. The molecule has 1 aromatic heterocycles. The monoisotopic (exact) mass is 278 g/mol. The van der Waals surface area contributed by atoms with Gasteiger partial charge in [-0.15, -0.1) is 0 Å². The molecule has 0 bridgehead atoms. The molecule has 0 aliphatic carbocycles. The fourth-order valence-corrected chi connectivity index (χ4v) is 2.39. The molecule has 0 aromatic carbocycles. The maximum atomic E-state index is 11.7. The fraction of sp³-hybridized carbons (Fsp3) is 0.571. The molecule has 0 saturated carbocycles. The third-order valence-electron chi connectivity index (χ3n) is 3.12. The second kappa shape index (κ2) is 7.21. The third-order valence-corrected chi connectivity index (χ3v) is 3.12. The largest absolute Gasteiger partial charge is 0.373 e. The minimum atomic E-state index is -0.224. The Morgan fingerprint density at radius 1 is 1.40 bits per heavy atom. The molecule has 0 radical (unpaired) electrons. The Morgan fingerprint density at radius 2 is 2.15 bits per heavy atom. The van der Waals surface area contributed by atoms with Crippen molar-refractivity contribution in [2.24, 2.45) is 0 Å². The zero-order valence-electron chi connectivity index (χ0n) is 12.0. The summed E-state index contributed by atoms with van der Waals surface area (Å²) in [6.45, 7) is 7.40. The van der Waals surface area contributed by atoms with Crippen LogP contribution in [-0.2, 0) is 4.74 Å². The van der Waals surface area contributed by atoms with Crippen LogP contribution in [-0.4, -0.2) is 54.3 Å². The highest BCUT2D eigenvalue weighted by atomic mass is 16.5. The van der Waals surface area contributed by atoms with Crippen LogP contribution in [0.2, 0.25) is 0 Å². The number of aromatic nitrogens is 1. The number of anilines is 1. The molecule has 6 heteroatoms. The van der Waals surface area contributed by atoms with E-state index < -0.39 is 0 Å². The van der Waals surface area contributed by atoms with Crippen molar-refractivity contribution >= 4 is 11.8 Å². The van der Waals surface area contributed by atoms with Gasteiger partial charge in [-0.25, -0.2) is 9.78 Å². The average Bonchev–Trinajstić information content (AvgIpc) is 2.38. The van der Waals surface area contributed by atoms with Gasteiger partial charge in [-0.3, -0.25) is 10.2 Å². The van der Waals surface area contributed by atoms with E-state index in [-0.39, 0.29) is 18.2 Å². The number of nitrogens with zero attached hydrogens (tertiary/aromatic N) is 2. The molecular formula is C14H22N4O2. The van der Waals surface area contributed by atoms with Gasteiger partial charge < -0.3 is 10.1 Å². The van der Waals surface area contributed by atoms with Crippen LogP contribution in [0.3, 0.4) is 0 Å². The highest BCUT2D eigenvalue weighted by Gasteiger charge is 2.21. The van der Waals surface area contributed by atoms with E-state index in [1.165, 1.54) is 0 Å². The summed E-state index contributed by atoms with van der Waals surface area (Å²) in [7, 11) is 0. The van der Waals surface area contributed by atoms with Crippen LogP contribution >= 0.6 is 0 Å². The van der Waals surface area contributed by atoms with Gasteiger partial charge >= 0.3 is 6.03 Å². The number of carbonyl (C=O) groups excluding carboxylic acids is 1. The minimum absolute atomic E-state index is 0.224. The van der Waals surface area contributed by atoms with Crippen molar-refractivity contribution in [2.75, 3.05) is 31.5 Å². The lowest BCUT2D eigenvalue weighted by Gasteiger charge is -2.35. The Morgan fingerprint density at radius 3 is 2.80 bits per heavy atom. The minimum Gasteiger partial charge on any atom is -0.373 e. The van der Waals surface area contributed by atoms with Gasteiger partial charge in [0.2, 0.25) is 0 Å². The van der Waals surface area contributed by atoms with Gasteiger partial charge in [-0.2, -0.15) is 0 Å². The lowest BCUT2D eigenvalue weighted by Crippen LogP contribution is -2.48. The molecule has 0 unspecified atom stereocenters. The number of ether oxygens (including phenoxy) is 1. The van der Waals surface area contributed by atoms with Crippen LogP contribution in [0, 0.1) is 0 Å². The molecule has 2 N–H and O–H groups in total. The number of rotatable bonds is 4. The Hall–Kier alpha value is -1.66. The normalized spacial score (nSPS) is 23.3. The molecular weight excluding hydrogens is 256 g/mol. The topological polar surface area (TPSA) is 66.5 Å². The number of urea groups is 1. The zero-order chi connectivity index (χ0) is 14.4. The predicted molar refractivity (Wildman–Crippen MR) is 77.7 cm³/mol. The summed E-state index contributed by atoms with van der Waals surface area (Å²) in [6, 6.07) is 5.17. The number of hydrogen-bond acceptors (Lipinski definition) is 4. The van der Waals surface area contributed by atoms with E-state index in [0.29, 0.717) is 12.4 Å². The lowest BCUT2D eigenvalue weighted by atomic mass is 10.2. The molecule has 110 valence electrons. The molecule has 1 aliphatic rings. The van der Waals surface area contributed by atoms with E-state index in [2.05, 4.69) is 34.4 Å². The summed E-state index contributed by atoms with van der Waals surface area (Å²) in [5, 5.41) is 5.53. The predicted octanol–water partition coefficient (Wildman–Crippen LogP) is 1.31. The number of carbonyl (C=O) groups is 1. The zero-order valence-corrected chi connectivity index (χ0v) is 12.0. The molecule has 1 fully saturated rings. The lowest BCUT2D eigenvalue weighted by molar-refractivity contribution is -0.0672. The number of pyridine rings is 1. The van der Waals surface area contributed by atoms with Crippen LogP contribution in [0.4, 0.5) is 10.6 Å². The van der Waals surface area contributed by atoms with Crippen molar-refractivity contribution in [2.45, 2.75) is 26.1 Å². The summed E-state index contributed by atoms with van der Waals surface area (Å²) < 4.78 is 5.67. The Bertz CT molecular complexity index is 416. The van der Waals surface area contributed by atoms with Crippen molar-refractivity contribution < 1.29 is 9.53 Å². The molecule has 2 atom stereocenters. The Labute approximate surface area is 119 Å². The summed E-state index contributed by atoms with van der Waals surface area (Å²) in [5.41, 5.74) is 0. The second-order valence-electron chi connectivity index (χ2n) is 5.11. The van der Waals surface area contributed by atoms with E-state index in [1.807, 2.05) is 12.1 Å². The van der Waals surface area contributed by atoms with Gasteiger partial charge in [0.1, 0.15) is 5.82 Å². The molecule has 6 nitrogen and oxygen atoms in total. The van der Waals surface area contributed by atoms with Gasteiger partial charge in [0.15, 0.2) is 0 Å². The van der Waals surface area contributed by atoms with E-state index in [0.717, 1.165) is 19.6 Å². The highest BCUT2D eigenvalue weighted by Crippen LogP contribution is 2.09. The smallest absolute Gasteiger partial charge is 0.320 e. The maximum absolute atomic E-state index is 11.7. The fourth-order valence-electron chi connectivity index (χ4n) is 2.39. The summed E-state index contributed by atoms with van der Waals surface area (Å²) >= 11 is 0. The summed E-state index contributed by atoms with van der Waals surface area (Å²) in [5.74, 6) is 0.554. The van der Waals surface area contributed by atoms with Crippen molar-refractivity contribution in [1.82, 2.24) is 15.2 Å². The number of morpholine rings is 1. The number of hydrogen-bond donors (Lipinski definition) is 2. The Kier molecular flexibility index (Phi) is 5.31. The van der Waals surface area contributed by atoms with Crippen LogP contribution < -0.4 is 10.6 Å². The molecule has 2 heterocycles. The van der Waals surface area contributed by atoms with Gasteiger partial charge in [0.25, 0.3) is 0 Å². The summed E-state index contributed by atoms with van der Waals surface area (Å²) in [4.78, 5) is 18.0. The van der Waals surface area contributed by atoms with Crippen molar-refractivity contribution in [1.29, 1.82) is 0 Å². The van der Waals surface area contributed by atoms with E-state index in [1.54, 1.807) is 12.3 Å². The average molecular weight is 278 g/mol. The quantitative estimate of drug-likeness (QED) is 0.871. The first kappa shape index (κ1) is 14.7. The van der Waals surface area contributed by atoms with E-state index in [9.17, 15) is 4.79 Å². The molecule has 1 aromatic rings. The number of amides is 2. The summed E-state index contributed by atoms with van der Waals surface area (Å²) in [6.07, 6.45) is 2.15. The molecule has 0 spiro atoms. The molecule has 1 saturated heterocycles. The second-order valence-corrected chi connectivity index (χ2v) is 5.11. The standard InChI is InChI=1S/C14H22N4O2/c1-11-9-18(10-12(2)20-11)8-7-16-14(19)17-13-5-3-4-6-15-13/h3-6,11-12H,7-10H2,1-2H3,(H2,15,16,17,19)/t11-,12-/m1/s1. The molecule has 20 heavy (non-hydrogen) atoms. The van der Waals surface area contributed by atoms with Crippen LogP contribution in [0.5, 0.6) is 0 Å². The molecule has 2 amide bonds. The Balaban J connectivity index is 1.66. The third kappa shape index (κ3) is 4.79.